The second kappa shape index (κ2) is 7.94. The number of carbonyl (C=O) groups excluding carboxylic acids is 1. The van der Waals surface area contributed by atoms with Gasteiger partial charge in [-0.3, -0.25) is 4.79 Å². The summed E-state index contributed by atoms with van der Waals surface area (Å²) >= 11 is 5.79. The summed E-state index contributed by atoms with van der Waals surface area (Å²) in [6.45, 7) is 0.0813. The lowest BCUT2D eigenvalue weighted by molar-refractivity contribution is -0.120. The Morgan fingerprint density at radius 1 is 1.04 bits per heavy atom. The molecule has 1 amide bonds. The summed E-state index contributed by atoms with van der Waals surface area (Å²) < 4.78 is 37.0. The standard InChI is InChI=1S/C17H17ClN2O5S/c18-14-4-1-12(2-5-14)8-19-17(21)9-20-26(22,23)10-13-3-6-15-16(7-13)25-11-24-15/h1-7,20H,8-11H2,(H,19,21). The van der Waals surface area contributed by atoms with Crippen LogP contribution < -0.4 is 19.5 Å². The molecule has 1 heterocycles. The van der Waals surface area contributed by atoms with E-state index in [1.54, 1.807) is 42.5 Å². The van der Waals surface area contributed by atoms with Gasteiger partial charge in [-0.15, -0.1) is 0 Å². The molecule has 2 aromatic rings. The molecule has 3 rings (SSSR count). The average Bonchev–Trinajstić information content (AvgIpc) is 3.07. The number of halogens is 1. The molecule has 0 saturated heterocycles. The average molecular weight is 397 g/mol. The first-order valence-electron chi connectivity index (χ1n) is 7.78. The zero-order valence-corrected chi connectivity index (χ0v) is 15.3. The Hall–Kier alpha value is -2.29. The summed E-state index contributed by atoms with van der Waals surface area (Å²) in [6, 6.07) is 11.9. The van der Waals surface area contributed by atoms with Crippen molar-refractivity contribution in [1.82, 2.24) is 10.0 Å². The van der Waals surface area contributed by atoms with Gasteiger partial charge in [0.15, 0.2) is 11.5 Å². The molecule has 0 bridgehead atoms. The molecule has 0 spiro atoms. The van der Waals surface area contributed by atoms with Crippen LogP contribution in [0.2, 0.25) is 5.02 Å². The fraction of sp³-hybridized carbons (Fsp3) is 0.235. The molecule has 0 aromatic heterocycles. The Bertz CT molecular complexity index is 900. The summed E-state index contributed by atoms with van der Waals surface area (Å²) in [6.07, 6.45) is 0. The van der Waals surface area contributed by atoms with Crippen molar-refractivity contribution in [3.8, 4) is 11.5 Å². The van der Waals surface area contributed by atoms with E-state index in [1.165, 1.54) is 0 Å². The number of hydrogen-bond acceptors (Lipinski definition) is 5. The van der Waals surface area contributed by atoms with Crippen molar-refractivity contribution in [3.63, 3.8) is 0 Å². The van der Waals surface area contributed by atoms with Crippen LogP contribution in [-0.4, -0.2) is 27.7 Å². The maximum absolute atomic E-state index is 12.1. The Morgan fingerprint density at radius 2 is 1.73 bits per heavy atom. The predicted molar refractivity (Wildman–Crippen MR) is 96.5 cm³/mol. The molecular formula is C17H17ClN2O5S. The third-order valence-corrected chi connectivity index (χ3v) is 5.20. The highest BCUT2D eigenvalue weighted by molar-refractivity contribution is 7.88. The number of ether oxygens (including phenoxy) is 2. The highest BCUT2D eigenvalue weighted by atomic mass is 35.5. The fourth-order valence-electron chi connectivity index (χ4n) is 2.34. The van der Waals surface area contributed by atoms with E-state index in [1.807, 2.05) is 0 Å². The molecule has 0 saturated carbocycles. The zero-order chi connectivity index (χ0) is 18.6. The number of benzene rings is 2. The summed E-state index contributed by atoms with van der Waals surface area (Å²) in [5.74, 6) is 0.419. The molecule has 0 aliphatic carbocycles. The smallest absolute Gasteiger partial charge is 0.235 e. The Labute approximate surface area is 156 Å². The van der Waals surface area contributed by atoms with Crippen molar-refractivity contribution in [2.24, 2.45) is 0 Å². The van der Waals surface area contributed by atoms with E-state index in [-0.39, 0.29) is 19.1 Å². The van der Waals surface area contributed by atoms with Crippen molar-refractivity contribution in [1.29, 1.82) is 0 Å². The van der Waals surface area contributed by atoms with Crippen LogP contribution in [-0.2, 0) is 27.1 Å². The van der Waals surface area contributed by atoms with E-state index >= 15 is 0 Å². The van der Waals surface area contributed by atoms with Crippen LogP contribution in [0.15, 0.2) is 42.5 Å². The minimum Gasteiger partial charge on any atom is -0.454 e. The van der Waals surface area contributed by atoms with Crippen molar-refractivity contribution < 1.29 is 22.7 Å². The molecule has 0 unspecified atom stereocenters. The molecule has 2 aromatic carbocycles. The van der Waals surface area contributed by atoms with Crippen LogP contribution >= 0.6 is 11.6 Å². The van der Waals surface area contributed by atoms with Crippen LogP contribution in [0.5, 0.6) is 11.5 Å². The van der Waals surface area contributed by atoms with Gasteiger partial charge >= 0.3 is 0 Å². The molecule has 0 atom stereocenters. The van der Waals surface area contributed by atoms with Crippen LogP contribution in [0.1, 0.15) is 11.1 Å². The third kappa shape index (κ3) is 5.10. The van der Waals surface area contributed by atoms with Gasteiger partial charge in [0.2, 0.25) is 22.7 Å². The highest BCUT2D eigenvalue weighted by Crippen LogP contribution is 2.32. The van der Waals surface area contributed by atoms with Gasteiger partial charge in [0.25, 0.3) is 0 Å². The van der Waals surface area contributed by atoms with Gasteiger partial charge in [-0.2, -0.15) is 0 Å². The fourth-order valence-corrected chi connectivity index (χ4v) is 3.54. The first-order chi connectivity index (χ1) is 12.4. The maximum Gasteiger partial charge on any atom is 0.235 e. The lowest BCUT2D eigenvalue weighted by Gasteiger charge is -2.08. The lowest BCUT2D eigenvalue weighted by Crippen LogP contribution is -2.37. The van der Waals surface area contributed by atoms with Crippen LogP contribution in [0.25, 0.3) is 0 Å². The van der Waals surface area contributed by atoms with E-state index in [0.29, 0.717) is 28.6 Å². The summed E-state index contributed by atoms with van der Waals surface area (Å²) in [5.41, 5.74) is 1.41. The van der Waals surface area contributed by atoms with Gasteiger partial charge in [0, 0.05) is 11.6 Å². The second-order valence-corrected chi connectivity index (χ2v) is 7.91. The van der Waals surface area contributed by atoms with Gasteiger partial charge in [-0.05, 0) is 35.4 Å². The first kappa shape index (κ1) is 18.5. The van der Waals surface area contributed by atoms with Gasteiger partial charge in [0.05, 0.1) is 12.3 Å². The molecule has 0 fully saturated rings. The number of nitrogens with one attached hydrogen (secondary N) is 2. The van der Waals surface area contributed by atoms with Crippen molar-refractivity contribution in [3.05, 3.63) is 58.6 Å². The topological polar surface area (TPSA) is 93.7 Å². The number of rotatable bonds is 7. The molecule has 1 aliphatic rings. The normalized spacial score (nSPS) is 12.8. The van der Waals surface area contributed by atoms with Crippen molar-refractivity contribution >= 4 is 27.5 Å². The lowest BCUT2D eigenvalue weighted by atomic mass is 10.2. The molecule has 0 radical (unpaired) electrons. The van der Waals surface area contributed by atoms with Gasteiger partial charge in [-0.1, -0.05) is 29.8 Å². The molecule has 26 heavy (non-hydrogen) atoms. The van der Waals surface area contributed by atoms with E-state index < -0.39 is 15.9 Å². The Balaban J connectivity index is 1.48. The van der Waals surface area contributed by atoms with E-state index in [4.69, 9.17) is 21.1 Å². The Kier molecular flexibility index (Phi) is 5.65. The Morgan fingerprint density at radius 3 is 2.50 bits per heavy atom. The molecule has 138 valence electrons. The number of sulfonamides is 1. The van der Waals surface area contributed by atoms with E-state index in [9.17, 15) is 13.2 Å². The molecular weight excluding hydrogens is 380 g/mol. The number of fused-ring (bicyclic) bond motifs is 1. The minimum absolute atomic E-state index is 0.123. The third-order valence-electron chi connectivity index (χ3n) is 3.65. The largest absolute Gasteiger partial charge is 0.454 e. The van der Waals surface area contributed by atoms with E-state index in [2.05, 4.69) is 10.0 Å². The molecule has 1 aliphatic heterocycles. The molecule has 2 N–H and O–H groups in total. The summed E-state index contributed by atoms with van der Waals surface area (Å²) in [4.78, 5) is 11.8. The number of hydrogen-bond donors (Lipinski definition) is 2. The number of carbonyl (C=O) groups is 1. The van der Waals surface area contributed by atoms with E-state index in [0.717, 1.165) is 5.56 Å². The summed E-state index contributed by atoms with van der Waals surface area (Å²) in [7, 11) is -3.66. The SMILES string of the molecule is O=C(CNS(=O)(=O)Cc1ccc2c(c1)OCO2)NCc1ccc(Cl)cc1. The summed E-state index contributed by atoms with van der Waals surface area (Å²) in [5, 5.41) is 3.25. The predicted octanol–water partition coefficient (Wildman–Crippen LogP) is 1.80. The zero-order valence-electron chi connectivity index (χ0n) is 13.7. The maximum atomic E-state index is 12.1. The minimum atomic E-state index is -3.66. The van der Waals surface area contributed by atoms with Crippen molar-refractivity contribution in [2.45, 2.75) is 12.3 Å². The molecule has 9 heteroatoms. The van der Waals surface area contributed by atoms with Gasteiger partial charge < -0.3 is 14.8 Å². The van der Waals surface area contributed by atoms with Gasteiger partial charge in [0.1, 0.15) is 0 Å². The quantitative estimate of drug-likeness (QED) is 0.744. The number of amides is 1. The van der Waals surface area contributed by atoms with Crippen LogP contribution in [0.4, 0.5) is 0 Å². The highest BCUT2D eigenvalue weighted by Gasteiger charge is 2.17. The van der Waals surface area contributed by atoms with Crippen LogP contribution in [0.3, 0.4) is 0 Å². The van der Waals surface area contributed by atoms with Crippen molar-refractivity contribution in [2.75, 3.05) is 13.3 Å². The second-order valence-electron chi connectivity index (χ2n) is 5.67. The van der Waals surface area contributed by atoms with Crippen LogP contribution in [0, 0.1) is 0 Å². The molecule has 7 nitrogen and oxygen atoms in total. The monoisotopic (exact) mass is 396 g/mol. The first-order valence-corrected chi connectivity index (χ1v) is 9.81. The van der Waals surface area contributed by atoms with Gasteiger partial charge in [-0.25, -0.2) is 13.1 Å².